The topological polar surface area (TPSA) is 24.4 Å². The number of aliphatic imine (C=N–C) groups is 1. The van der Waals surface area contributed by atoms with Gasteiger partial charge in [-0.05, 0) is 25.5 Å². The first-order valence-electron chi connectivity index (χ1n) is 6.78. The quantitative estimate of drug-likeness (QED) is 0.828. The van der Waals surface area contributed by atoms with Crippen LogP contribution < -0.4 is 5.32 Å². The van der Waals surface area contributed by atoms with Crippen molar-refractivity contribution in [1.29, 1.82) is 0 Å². The van der Waals surface area contributed by atoms with Crippen LogP contribution in [0, 0.1) is 0 Å². The summed E-state index contributed by atoms with van der Waals surface area (Å²) in [6.07, 6.45) is 10.4. The van der Waals surface area contributed by atoms with E-state index in [4.69, 9.17) is 0 Å². The molecule has 0 aromatic carbocycles. The van der Waals surface area contributed by atoms with E-state index in [1.807, 2.05) is 23.5 Å². The lowest BCUT2D eigenvalue weighted by molar-refractivity contribution is 0.593. The van der Waals surface area contributed by atoms with Gasteiger partial charge in [-0.15, -0.1) is 0 Å². The fraction of sp³-hybridized carbons (Fsp3) is 0.923. The summed E-state index contributed by atoms with van der Waals surface area (Å²) in [7, 11) is 0. The average Bonchev–Trinajstić information content (AvgIpc) is 2.96. The van der Waals surface area contributed by atoms with Gasteiger partial charge in [-0.25, -0.2) is 0 Å². The molecule has 4 heteroatoms. The molecule has 0 aromatic heterocycles. The van der Waals surface area contributed by atoms with Crippen LogP contribution in [0.2, 0.25) is 0 Å². The Morgan fingerprint density at radius 1 is 1.47 bits per heavy atom. The van der Waals surface area contributed by atoms with E-state index in [-0.39, 0.29) is 0 Å². The van der Waals surface area contributed by atoms with Gasteiger partial charge in [0.15, 0.2) is 5.17 Å². The van der Waals surface area contributed by atoms with Gasteiger partial charge in [0.05, 0.1) is 6.54 Å². The number of hydrogen-bond donors (Lipinski definition) is 1. The SMILES string of the molecule is CCCC1CN=C(NCC2(SC)CCCC2)S1. The van der Waals surface area contributed by atoms with E-state index < -0.39 is 0 Å². The van der Waals surface area contributed by atoms with Gasteiger partial charge >= 0.3 is 0 Å². The fourth-order valence-electron chi connectivity index (χ4n) is 2.70. The molecule has 1 unspecified atom stereocenters. The van der Waals surface area contributed by atoms with Crippen LogP contribution in [0.15, 0.2) is 4.99 Å². The molecule has 1 heterocycles. The molecule has 1 atom stereocenters. The molecule has 1 aliphatic carbocycles. The maximum absolute atomic E-state index is 4.62. The van der Waals surface area contributed by atoms with Crippen molar-refractivity contribution in [3.05, 3.63) is 0 Å². The smallest absolute Gasteiger partial charge is 0.156 e. The molecule has 2 nitrogen and oxygen atoms in total. The van der Waals surface area contributed by atoms with E-state index >= 15 is 0 Å². The molecule has 0 bridgehead atoms. The van der Waals surface area contributed by atoms with Crippen LogP contribution in [-0.4, -0.2) is 34.5 Å². The molecule has 0 saturated heterocycles. The van der Waals surface area contributed by atoms with E-state index in [2.05, 4.69) is 23.5 Å². The van der Waals surface area contributed by atoms with E-state index in [0.717, 1.165) is 18.3 Å². The predicted octanol–water partition coefficient (Wildman–Crippen LogP) is 3.52. The predicted molar refractivity (Wildman–Crippen MR) is 81.3 cm³/mol. The second kappa shape index (κ2) is 6.37. The first-order valence-corrected chi connectivity index (χ1v) is 8.88. The van der Waals surface area contributed by atoms with Crippen molar-refractivity contribution in [2.24, 2.45) is 4.99 Å². The first-order chi connectivity index (χ1) is 8.28. The van der Waals surface area contributed by atoms with Crippen LogP contribution in [-0.2, 0) is 0 Å². The Morgan fingerprint density at radius 3 is 2.88 bits per heavy atom. The van der Waals surface area contributed by atoms with Gasteiger partial charge < -0.3 is 5.32 Å². The number of thioether (sulfide) groups is 2. The summed E-state index contributed by atoms with van der Waals surface area (Å²) >= 11 is 4.00. The zero-order chi connectivity index (χ0) is 12.1. The third kappa shape index (κ3) is 3.57. The van der Waals surface area contributed by atoms with Gasteiger partial charge in [-0.1, -0.05) is 37.9 Å². The summed E-state index contributed by atoms with van der Waals surface area (Å²) in [6.45, 7) is 4.39. The number of nitrogens with zero attached hydrogens (tertiary/aromatic N) is 1. The van der Waals surface area contributed by atoms with E-state index in [9.17, 15) is 0 Å². The lowest BCUT2D eigenvalue weighted by atomic mass is 10.1. The highest BCUT2D eigenvalue weighted by atomic mass is 32.2. The lowest BCUT2D eigenvalue weighted by Gasteiger charge is -2.27. The molecule has 17 heavy (non-hydrogen) atoms. The third-order valence-electron chi connectivity index (χ3n) is 3.84. The molecule has 1 saturated carbocycles. The highest BCUT2D eigenvalue weighted by molar-refractivity contribution is 8.14. The monoisotopic (exact) mass is 272 g/mol. The highest BCUT2D eigenvalue weighted by Crippen LogP contribution is 2.39. The van der Waals surface area contributed by atoms with Crippen LogP contribution in [0.3, 0.4) is 0 Å². The van der Waals surface area contributed by atoms with Crippen LogP contribution in [0.25, 0.3) is 0 Å². The Balaban J connectivity index is 1.75. The van der Waals surface area contributed by atoms with Crippen molar-refractivity contribution in [3.8, 4) is 0 Å². The summed E-state index contributed by atoms with van der Waals surface area (Å²) in [5.74, 6) is 0. The second-order valence-electron chi connectivity index (χ2n) is 5.12. The van der Waals surface area contributed by atoms with E-state index in [1.54, 1.807) is 0 Å². The molecule has 0 amide bonds. The van der Waals surface area contributed by atoms with Crippen molar-refractivity contribution < 1.29 is 0 Å². The van der Waals surface area contributed by atoms with E-state index in [1.165, 1.54) is 43.7 Å². The van der Waals surface area contributed by atoms with Crippen molar-refractivity contribution in [2.75, 3.05) is 19.3 Å². The molecule has 1 fully saturated rings. The minimum Gasteiger partial charge on any atom is -0.364 e. The minimum atomic E-state index is 0.492. The standard InChI is InChI=1S/C13H24N2S2/c1-3-6-11-9-14-12(17-11)15-10-13(16-2)7-4-5-8-13/h11H,3-10H2,1-2H3,(H,14,15). The van der Waals surface area contributed by atoms with Gasteiger partial charge in [-0.3, -0.25) is 4.99 Å². The summed E-state index contributed by atoms with van der Waals surface area (Å²) < 4.78 is 0.492. The number of nitrogens with one attached hydrogen (secondary N) is 1. The number of rotatable bonds is 5. The molecule has 0 radical (unpaired) electrons. The maximum Gasteiger partial charge on any atom is 0.156 e. The van der Waals surface area contributed by atoms with Crippen molar-refractivity contribution in [2.45, 2.75) is 55.4 Å². The Labute approximate surface area is 114 Å². The Morgan fingerprint density at radius 2 is 2.24 bits per heavy atom. The molecular formula is C13H24N2S2. The zero-order valence-electron chi connectivity index (χ0n) is 11.0. The molecule has 0 spiro atoms. The summed E-state index contributed by atoms with van der Waals surface area (Å²) in [4.78, 5) is 4.62. The Bertz CT molecular complexity index is 273. The maximum atomic E-state index is 4.62. The van der Waals surface area contributed by atoms with Crippen LogP contribution in [0.1, 0.15) is 45.4 Å². The molecule has 2 rings (SSSR count). The fourth-order valence-corrected chi connectivity index (χ4v) is 4.73. The van der Waals surface area contributed by atoms with Gasteiger partial charge in [0.2, 0.25) is 0 Å². The van der Waals surface area contributed by atoms with Crippen molar-refractivity contribution >= 4 is 28.7 Å². The van der Waals surface area contributed by atoms with Crippen LogP contribution >= 0.6 is 23.5 Å². The lowest BCUT2D eigenvalue weighted by Crippen LogP contribution is -2.37. The van der Waals surface area contributed by atoms with Crippen molar-refractivity contribution in [3.63, 3.8) is 0 Å². The Kier molecular flexibility index (Phi) is 5.10. The minimum absolute atomic E-state index is 0.492. The normalized spacial score (nSPS) is 27.2. The van der Waals surface area contributed by atoms with Crippen LogP contribution in [0.5, 0.6) is 0 Å². The largest absolute Gasteiger partial charge is 0.364 e. The number of hydrogen-bond acceptors (Lipinski definition) is 4. The van der Waals surface area contributed by atoms with Gasteiger partial charge in [0.25, 0.3) is 0 Å². The summed E-state index contributed by atoms with van der Waals surface area (Å²) in [5.41, 5.74) is 0. The highest BCUT2D eigenvalue weighted by Gasteiger charge is 2.33. The molecular weight excluding hydrogens is 248 g/mol. The molecule has 1 aliphatic heterocycles. The third-order valence-corrected chi connectivity index (χ3v) is 6.47. The molecule has 0 aromatic rings. The van der Waals surface area contributed by atoms with Crippen LogP contribution in [0.4, 0.5) is 0 Å². The Hall–Kier alpha value is 0.170. The van der Waals surface area contributed by atoms with E-state index in [0.29, 0.717) is 4.75 Å². The first kappa shape index (κ1) is 13.6. The van der Waals surface area contributed by atoms with Gasteiger partial charge in [0, 0.05) is 16.5 Å². The zero-order valence-corrected chi connectivity index (χ0v) is 12.6. The van der Waals surface area contributed by atoms with Crippen molar-refractivity contribution in [1.82, 2.24) is 5.32 Å². The summed E-state index contributed by atoms with van der Waals surface area (Å²) in [5, 5.41) is 5.53. The average molecular weight is 272 g/mol. The number of amidine groups is 1. The second-order valence-corrected chi connectivity index (χ2v) is 7.69. The molecule has 2 aliphatic rings. The van der Waals surface area contributed by atoms with Gasteiger partial charge in [-0.2, -0.15) is 11.8 Å². The molecule has 1 N–H and O–H groups in total. The summed E-state index contributed by atoms with van der Waals surface area (Å²) in [6, 6.07) is 0. The van der Waals surface area contributed by atoms with Gasteiger partial charge in [0.1, 0.15) is 0 Å². The molecule has 98 valence electrons.